The van der Waals surface area contributed by atoms with Gasteiger partial charge in [-0.15, -0.1) is 0 Å². The van der Waals surface area contributed by atoms with E-state index in [0.29, 0.717) is 17.3 Å². The van der Waals surface area contributed by atoms with Crippen molar-refractivity contribution in [3.8, 4) is 0 Å². The van der Waals surface area contributed by atoms with Crippen LogP contribution in [-0.2, 0) is 34.0 Å². The Labute approximate surface area is 192 Å². The predicted molar refractivity (Wildman–Crippen MR) is 115 cm³/mol. The number of Topliss-reactive ketones (excluding diaryl/α,β-unsaturated/α-hetero) is 1. The van der Waals surface area contributed by atoms with Gasteiger partial charge in [0.25, 0.3) is 5.91 Å². The number of amides is 2. The molecular weight excluding hydrogens is 484 g/mol. The van der Waals surface area contributed by atoms with Gasteiger partial charge in [0.1, 0.15) is 16.7 Å². The maximum Gasteiger partial charge on any atom is 0.421 e. The highest BCUT2D eigenvalue weighted by atomic mass is 79.9. The van der Waals surface area contributed by atoms with Crippen LogP contribution < -0.4 is 10.6 Å². The molecule has 1 aliphatic carbocycles. The molecule has 2 N–H and O–H groups in total. The van der Waals surface area contributed by atoms with Crippen molar-refractivity contribution in [3.63, 3.8) is 0 Å². The van der Waals surface area contributed by atoms with E-state index >= 15 is 0 Å². The number of nitrogens with two attached hydrogens (primary N) is 1. The maximum absolute atomic E-state index is 14.1. The van der Waals surface area contributed by atoms with Crippen molar-refractivity contribution >= 4 is 45.4 Å². The van der Waals surface area contributed by atoms with Crippen LogP contribution in [0.5, 0.6) is 0 Å². The van der Waals surface area contributed by atoms with Gasteiger partial charge < -0.3 is 19.9 Å². The Hall–Kier alpha value is -3.14. The number of fused-ring (bicyclic) bond motifs is 3. The van der Waals surface area contributed by atoms with Crippen LogP contribution in [0.2, 0.25) is 0 Å². The molecule has 1 unspecified atom stereocenters. The van der Waals surface area contributed by atoms with Gasteiger partial charge in [0.15, 0.2) is 5.78 Å². The third-order valence-electron chi connectivity index (χ3n) is 5.65. The smallest absolute Gasteiger partial charge is 0.421 e. The number of imide groups is 1. The molecule has 3 aliphatic rings. The van der Waals surface area contributed by atoms with Crippen LogP contribution in [0.3, 0.4) is 0 Å². The van der Waals surface area contributed by atoms with Gasteiger partial charge in [-0.2, -0.15) is 0 Å². The fraction of sp³-hybridized carbons (Fsp3) is 0.364. The molecule has 0 radical (unpaired) electrons. The molecule has 1 aromatic carbocycles. The Kier molecular flexibility index (Phi) is 5.58. The van der Waals surface area contributed by atoms with E-state index in [4.69, 9.17) is 19.9 Å². The fourth-order valence-corrected chi connectivity index (χ4v) is 4.90. The minimum Gasteiger partial charge on any atom is -0.462 e. The number of ether oxygens (including phenoxy) is 3. The van der Waals surface area contributed by atoms with Gasteiger partial charge in [0, 0.05) is 22.9 Å². The lowest BCUT2D eigenvalue weighted by Gasteiger charge is -2.38. The predicted octanol–water partition coefficient (Wildman–Crippen LogP) is 2.96. The summed E-state index contributed by atoms with van der Waals surface area (Å²) in [7, 11) is 0. The number of ketones is 1. The highest BCUT2D eigenvalue weighted by Crippen LogP contribution is 2.56. The second kappa shape index (κ2) is 8.09. The molecule has 1 aromatic rings. The Balaban J connectivity index is 2.10. The minimum atomic E-state index is -1.98. The maximum atomic E-state index is 14.1. The van der Waals surface area contributed by atoms with Crippen molar-refractivity contribution in [2.75, 3.05) is 18.1 Å². The lowest BCUT2D eigenvalue weighted by molar-refractivity contribution is -0.141. The van der Waals surface area contributed by atoms with E-state index in [2.05, 4.69) is 15.9 Å². The van der Waals surface area contributed by atoms with Gasteiger partial charge in [-0.05, 0) is 38.5 Å². The molecule has 1 spiro atoms. The highest BCUT2D eigenvalue weighted by Gasteiger charge is 2.65. The van der Waals surface area contributed by atoms with E-state index in [-0.39, 0.29) is 59.5 Å². The second-order valence-electron chi connectivity index (χ2n) is 7.39. The van der Waals surface area contributed by atoms with E-state index < -0.39 is 23.4 Å². The van der Waals surface area contributed by atoms with Gasteiger partial charge in [-0.3, -0.25) is 9.59 Å². The molecule has 168 valence electrons. The van der Waals surface area contributed by atoms with Crippen molar-refractivity contribution in [1.82, 2.24) is 0 Å². The minimum absolute atomic E-state index is 0.00661. The summed E-state index contributed by atoms with van der Waals surface area (Å²) in [6.45, 7) is 3.25. The van der Waals surface area contributed by atoms with Gasteiger partial charge >= 0.3 is 12.1 Å². The highest BCUT2D eigenvalue weighted by molar-refractivity contribution is 9.10. The quantitative estimate of drug-likeness (QED) is 0.622. The lowest BCUT2D eigenvalue weighted by atomic mass is 9.64. The number of carbonyl (C=O) groups is 4. The fourth-order valence-electron chi connectivity index (χ4n) is 4.53. The number of carbonyl (C=O) groups excluding carboxylic acids is 4. The molecule has 0 fully saturated rings. The van der Waals surface area contributed by atoms with Crippen molar-refractivity contribution in [2.24, 2.45) is 5.73 Å². The molecule has 10 heteroatoms. The number of hydrogen-bond acceptors (Lipinski definition) is 8. The van der Waals surface area contributed by atoms with Crippen LogP contribution >= 0.6 is 15.9 Å². The average Bonchev–Trinajstić information content (AvgIpc) is 2.97. The van der Waals surface area contributed by atoms with Gasteiger partial charge in [0.05, 0.1) is 24.5 Å². The lowest BCUT2D eigenvalue weighted by Crippen LogP contribution is -2.52. The van der Waals surface area contributed by atoms with Crippen molar-refractivity contribution in [1.29, 1.82) is 0 Å². The van der Waals surface area contributed by atoms with Crippen LogP contribution in [0, 0.1) is 0 Å². The Morgan fingerprint density at radius 3 is 2.59 bits per heavy atom. The molecule has 4 rings (SSSR count). The molecule has 1 atom stereocenters. The van der Waals surface area contributed by atoms with Crippen LogP contribution in [0.1, 0.15) is 38.7 Å². The number of anilines is 1. The van der Waals surface area contributed by atoms with Gasteiger partial charge in [-0.25, -0.2) is 14.5 Å². The summed E-state index contributed by atoms with van der Waals surface area (Å²) in [5, 5.41) is 0. The molecule has 0 saturated carbocycles. The van der Waals surface area contributed by atoms with Crippen LogP contribution in [0.15, 0.2) is 45.5 Å². The summed E-state index contributed by atoms with van der Waals surface area (Å²) in [6.07, 6.45) is 0.110. The first-order chi connectivity index (χ1) is 15.3. The van der Waals surface area contributed by atoms with Crippen molar-refractivity contribution in [3.05, 3.63) is 51.0 Å². The summed E-state index contributed by atoms with van der Waals surface area (Å²) < 4.78 is 16.6. The van der Waals surface area contributed by atoms with E-state index in [1.54, 1.807) is 32.0 Å². The zero-order valence-electron chi connectivity index (χ0n) is 17.5. The third-order valence-corrected chi connectivity index (χ3v) is 6.15. The summed E-state index contributed by atoms with van der Waals surface area (Å²) in [5.74, 6) is -2.20. The molecule has 0 saturated heterocycles. The Morgan fingerprint density at radius 2 is 1.91 bits per heavy atom. The van der Waals surface area contributed by atoms with Crippen LogP contribution in [0.4, 0.5) is 10.5 Å². The average molecular weight is 505 g/mol. The van der Waals surface area contributed by atoms with E-state index in [0.717, 1.165) is 4.90 Å². The number of benzene rings is 1. The SMILES string of the molecule is CCOC(=O)C1=C(N)OC2=C(C(=O)CCC2)C12C(=O)N(C(=O)OCC)c1ccc(Br)cc12. The molecule has 2 aliphatic heterocycles. The molecule has 0 bridgehead atoms. The monoisotopic (exact) mass is 504 g/mol. The van der Waals surface area contributed by atoms with E-state index in [1.165, 1.54) is 0 Å². The van der Waals surface area contributed by atoms with Crippen LogP contribution in [-0.4, -0.2) is 37.0 Å². The first-order valence-corrected chi connectivity index (χ1v) is 11.0. The number of rotatable bonds is 3. The number of hydrogen-bond donors (Lipinski definition) is 1. The van der Waals surface area contributed by atoms with Gasteiger partial charge in [-0.1, -0.05) is 15.9 Å². The van der Waals surface area contributed by atoms with E-state index in [9.17, 15) is 19.2 Å². The Morgan fingerprint density at radius 1 is 1.19 bits per heavy atom. The topological polar surface area (TPSA) is 125 Å². The standard InChI is InChI=1S/C22H21BrN2O7/c1-3-30-19(27)17-18(24)32-15-7-5-6-14(26)16(15)22(17)12-10-11(23)8-9-13(12)25(20(22)28)21(29)31-4-2/h8-10H,3-7,24H2,1-2H3. The zero-order valence-corrected chi connectivity index (χ0v) is 19.1. The summed E-state index contributed by atoms with van der Waals surface area (Å²) in [6, 6.07) is 4.79. The number of halogens is 1. The number of allylic oxidation sites excluding steroid dienone is 1. The summed E-state index contributed by atoms with van der Waals surface area (Å²) in [4.78, 5) is 54.1. The summed E-state index contributed by atoms with van der Waals surface area (Å²) >= 11 is 3.39. The molecule has 0 aromatic heterocycles. The first kappa shape index (κ1) is 22.1. The number of nitrogens with zero attached hydrogens (tertiary/aromatic N) is 1. The zero-order chi connectivity index (χ0) is 23.2. The van der Waals surface area contributed by atoms with Gasteiger partial charge in [0.2, 0.25) is 5.88 Å². The molecule has 2 amide bonds. The summed E-state index contributed by atoms with van der Waals surface area (Å²) in [5.41, 5.74) is 4.33. The third kappa shape index (κ3) is 2.96. The molecular formula is C22H21BrN2O7. The van der Waals surface area contributed by atoms with E-state index in [1.807, 2.05) is 0 Å². The molecule has 32 heavy (non-hydrogen) atoms. The normalized spacial score (nSPS) is 22.0. The molecule has 9 nitrogen and oxygen atoms in total. The van der Waals surface area contributed by atoms with Crippen molar-refractivity contribution < 1.29 is 33.4 Å². The first-order valence-electron chi connectivity index (χ1n) is 10.2. The molecule has 2 heterocycles. The second-order valence-corrected chi connectivity index (χ2v) is 8.30. The Bertz CT molecular complexity index is 1120. The van der Waals surface area contributed by atoms with Crippen LogP contribution in [0.25, 0.3) is 0 Å². The van der Waals surface area contributed by atoms with Crippen molar-refractivity contribution in [2.45, 2.75) is 38.5 Å². The number of esters is 1. The largest absolute Gasteiger partial charge is 0.462 e.